The SMILES string of the molecule is CCNC(=O)CN(C)C(=O)CC1(C(=O)O)CCCCC1. The molecule has 0 saturated heterocycles. The molecule has 2 N–H and O–H groups in total. The zero-order valence-electron chi connectivity index (χ0n) is 12.3. The minimum Gasteiger partial charge on any atom is -0.481 e. The van der Waals surface area contributed by atoms with Crippen LogP contribution < -0.4 is 5.32 Å². The van der Waals surface area contributed by atoms with Crippen LogP contribution in [0.1, 0.15) is 45.4 Å². The molecule has 0 aliphatic heterocycles. The van der Waals surface area contributed by atoms with Crippen molar-refractivity contribution in [1.82, 2.24) is 10.2 Å². The van der Waals surface area contributed by atoms with Gasteiger partial charge in [0.2, 0.25) is 11.8 Å². The van der Waals surface area contributed by atoms with E-state index in [9.17, 15) is 19.5 Å². The molecular weight excluding hydrogens is 260 g/mol. The average Bonchev–Trinajstić information content (AvgIpc) is 2.39. The van der Waals surface area contributed by atoms with Crippen molar-refractivity contribution in [1.29, 1.82) is 0 Å². The Bertz CT molecular complexity index is 375. The fraction of sp³-hybridized carbons (Fsp3) is 0.786. The number of carbonyl (C=O) groups is 3. The van der Waals surface area contributed by atoms with Crippen LogP contribution in [-0.4, -0.2) is 47.9 Å². The molecule has 0 unspecified atom stereocenters. The molecule has 1 fully saturated rings. The number of hydrogen-bond donors (Lipinski definition) is 2. The van der Waals surface area contributed by atoms with Gasteiger partial charge in [0.25, 0.3) is 0 Å². The number of nitrogens with zero attached hydrogens (tertiary/aromatic N) is 1. The molecule has 114 valence electrons. The second kappa shape index (κ2) is 7.26. The maximum absolute atomic E-state index is 12.1. The van der Waals surface area contributed by atoms with Crippen LogP contribution in [0, 0.1) is 5.41 Å². The van der Waals surface area contributed by atoms with Crippen molar-refractivity contribution in [2.45, 2.75) is 45.4 Å². The minimum atomic E-state index is -0.940. The van der Waals surface area contributed by atoms with Gasteiger partial charge in [0.1, 0.15) is 0 Å². The molecule has 0 radical (unpaired) electrons. The summed E-state index contributed by atoms with van der Waals surface area (Å²) in [5.74, 6) is -1.39. The molecule has 1 rings (SSSR count). The molecule has 0 aromatic rings. The Labute approximate surface area is 119 Å². The van der Waals surface area contributed by atoms with Gasteiger partial charge < -0.3 is 15.3 Å². The van der Waals surface area contributed by atoms with E-state index in [1.807, 2.05) is 0 Å². The summed E-state index contributed by atoms with van der Waals surface area (Å²) in [7, 11) is 1.54. The summed E-state index contributed by atoms with van der Waals surface area (Å²) in [6.07, 6.45) is 3.79. The Hall–Kier alpha value is -1.59. The highest BCUT2D eigenvalue weighted by molar-refractivity contribution is 5.88. The van der Waals surface area contributed by atoms with Gasteiger partial charge in [-0.25, -0.2) is 0 Å². The van der Waals surface area contributed by atoms with Gasteiger partial charge in [-0.3, -0.25) is 14.4 Å². The van der Waals surface area contributed by atoms with Crippen LogP contribution in [0.5, 0.6) is 0 Å². The summed E-state index contributed by atoms with van der Waals surface area (Å²) in [6.45, 7) is 2.30. The zero-order valence-corrected chi connectivity index (χ0v) is 12.3. The maximum Gasteiger partial charge on any atom is 0.310 e. The minimum absolute atomic E-state index is 0.0156. The van der Waals surface area contributed by atoms with Crippen molar-refractivity contribution in [3.63, 3.8) is 0 Å². The first-order valence-corrected chi connectivity index (χ1v) is 7.15. The molecule has 0 atom stereocenters. The molecule has 1 aliphatic rings. The van der Waals surface area contributed by atoms with E-state index < -0.39 is 11.4 Å². The van der Waals surface area contributed by atoms with E-state index in [4.69, 9.17) is 0 Å². The molecule has 2 amide bonds. The van der Waals surface area contributed by atoms with Crippen molar-refractivity contribution < 1.29 is 19.5 Å². The van der Waals surface area contributed by atoms with Crippen molar-refractivity contribution in [2.75, 3.05) is 20.1 Å². The Morgan fingerprint density at radius 2 is 1.80 bits per heavy atom. The fourth-order valence-electron chi connectivity index (χ4n) is 2.68. The second-order valence-corrected chi connectivity index (χ2v) is 5.53. The Kier molecular flexibility index (Phi) is 5.98. The molecule has 0 heterocycles. The lowest BCUT2D eigenvalue weighted by Gasteiger charge is -2.33. The van der Waals surface area contributed by atoms with Crippen LogP contribution in [0.25, 0.3) is 0 Å². The summed E-state index contributed by atoms with van der Waals surface area (Å²) >= 11 is 0. The number of hydrogen-bond acceptors (Lipinski definition) is 3. The molecule has 6 heteroatoms. The predicted octanol–water partition coefficient (Wildman–Crippen LogP) is 1.01. The monoisotopic (exact) mass is 284 g/mol. The van der Waals surface area contributed by atoms with Crippen LogP contribution in [-0.2, 0) is 14.4 Å². The van der Waals surface area contributed by atoms with Gasteiger partial charge in [0, 0.05) is 20.0 Å². The van der Waals surface area contributed by atoms with Crippen LogP contribution in [0.2, 0.25) is 0 Å². The summed E-state index contributed by atoms with van der Waals surface area (Å²) in [5, 5.41) is 12.1. The second-order valence-electron chi connectivity index (χ2n) is 5.53. The first-order chi connectivity index (χ1) is 9.41. The van der Waals surface area contributed by atoms with E-state index in [1.165, 1.54) is 11.9 Å². The Balaban J connectivity index is 2.62. The first kappa shape index (κ1) is 16.5. The standard InChI is InChI=1S/C14H24N2O4/c1-3-15-11(17)10-16(2)12(18)9-14(13(19)20)7-5-4-6-8-14/h3-10H2,1-2H3,(H,15,17)(H,19,20). The fourth-order valence-corrected chi connectivity index (χ4v) is 2.68. The highest BCUT2D eigenvalue weighted by Crippen LogP contribution is 2.39. The number of carboxylic acids is 1. The smallest absolute Gasteiger partial charge is 0.310 e. The highest BCUT2D eigenvalue weighted by atomic mass is 16.4. The molecule has 0 aromatic carbocycles. The Morgan fingerprint density at radius 1 is 1.20 bits per heavy atom. The third-order valence-corrected chi connectivity index (χ3v) is 3.93. The molecule has 20 heavy (non-hydrogen) atoms. The molecule has 0 spiro atoms. The number of rotatable bonds is 6. The number of amides is 2. The van der Waals surface area contributed by atoms with E-state index in [2.05, 4.69) is 5.32 Å². The third kappa shape index (κ3) is 4.21. The lowest BCUT2D eigenvalue weighted by Crippen LogP contribution is -2.43. The number of carboxylic acid groups (broad SMARTS) is 1. The quantitative estimate of drug-likeness (QED) is 0.762. The highest BCUT2D eigenvalue weighted by Gasteiger charge is 2.42. The lowest BCUT2D eigenvalue weighted by atomic mass is 9.71. The zero-order chi connectivity index (χ0) is 15.2. The molecule has 0 aromatic heterocycles. The van der Waals surface area contributed by atoms with Gasteiger partial charge in [-0.1, -0.05) is 19.3 Å². The van der Waals surface area contributed by atoms with E-state index in [-0.39, 0.29) is 24.8 Å². The summed E-state index contributed by atoms with van der Waals surface area (Å²) < 4.78 is 0. The molecule has 0 bridgehead atoms. The molecule has 1 saturated carbocycles. The lowest BCUT2D eigenvalue weighted by molar-refractivity contribution is -0.155. The van der Waals surface area contributed by atoms with Gasteiger partial charge >= 0.3 is 5.97 Å². The number of nitrogens with one attached hydrogen (secondary N) is 1. The van der Waals surface area contributed by atoms with E-state index in [1.54, 1.807) is 6.92 Å². The number of likely N-dealkylation sites (N-methyl/N-ethyl adjacent to an activating group) is 2. The molecule has 1 aliphatic carbocycles. The van der Waals surface area contributed by atoms with Gasteiger partial charge in [-0.2, -0.15) is 0 Å². The van der Waals surface area contributed by atoms with Crippen molar-refractivity contribution in [3.8, 4) is 0 Å². The van der Waals surface area contributed by atoms with Crippen molar-refractivity contribution >= 4 is 17.8 Å². The predicted molar refractivity (Wildman–Crippen MR) is 74.1 cm³/mol. The van der Waals surface area contributed by atoms with Crippen molar-refractivity contribution in [2.24, 2.45) is 5.41 Å². The van der Waals surface area contributed by atoms with Crippen LogP contribution in [0.3, 0.4) is 0 Å². The maximum atomic E-state index is 12.1. The van der Waals surface area contributed by atoms with Crippen LogP contribution in [0.4, 0.5) is 0 Å². The average molecular weight is 284 g/mol. The normalized spacial score (nSPS) is 17.3. The van der Waals surface area contributed by atoms with E-state index in [0.29, 0.717) is 19.4 Å². The Morgan fingerprint density at radius 3 is 2.30 bits per heavy atom. The first-order valence-electron chi connectivity index (χ1n) is 7.15. The molecule has 6 nitrogen and oxygen atoms in total. The van der Waals surface area contributed by atoms with Gasteiger partial charge in [0.15, 0.2) is 0 Å². The summed E-state index contributed by atoms with van der Waals surface area (Å²) in [5.41, 5.74) is -0.940. The molecular formula is C14H24N2O4. The largest absolute Gasteiger partial charge is 0.481 e. The van der Waals surface area contributed by atoms with Crippen molar-refractivity contribution in [3.05, 3.63) is 0 Å². The topological polar surface area (TPSA) is 86.7 Å². The number of carbonyl (C=O) groups excluding carboxylic acids is 2. The van der Waals surface area contributed by atoms with Gasteiger partial charge in [0.05, 0.1) is 12.0 Å². The summed E-state index contributed by atoms with van der Waals surface area (Å²) in [6, 6.07) is 0. The van der Waals surface area contributed by atoms with Gasteiger partial charge in [-0.15, -0.1) is 0 Å². The van der Waals surface area contributed by atoms with E-state index in [0.717, 1.165) is 19.3 Å². The van der Waals surface area contributed by atoms with Crippen LogP contribution in [0.15, 0.2) is 0 Å². The van der Waals surface area contributed by atoms with E-state index >= 15 is 0 Å². The van der Waals surface area contributed by atoms with Crippen LogP contribution >= 0.6 is 0 Å². The third-order valence-electron chi connectivity index (χ3n) is 3.93. The number of aliphatic carboxylic acids is 1. The van der Waals surface area contributed by atoms with Gasteiger partial charge in [-0.05, 0) is 19.8 Å². The summed E-state index contributed by atoms with van der Waals surface area (Å²) in [4.78, 5) is 36.4.